The van der Waals surface area contributed by atoms with E-state index >= 15 is 8.78 Å². The number of ether oxygens (including phenoxy) is 2. The maximum atomic E-state index is 16.2. The number of aryl methyl sites for hydroxylation is 2. The number of anilines is 1. The molecule has 12 heteroatoms. The third-order valence-corrected chi connectivity index (χ3v) is 8.66. The first-order chi connectivity index (χ1) is 22.1. The summed E-state index contributed by atoms with van der Waals surface area (Å²) in [7, 11) is 4.13. The molecule has 10 nitrogen and oxygen atoms in total. The standard InChI is InChI=1S/C34H32F2N4O6/c1-39-16-24(33(43)40(2)34(39)44)31(42)37-25-9-5-7-22(30(25)36)21-6-4-8-23(29(21)35)26-15-20-11-10-19(28(20)32(38-26)45-3)14-18-12-13-46-17-27(18)41/h4-9,15-16,19,41H,10-14,17H2,1-3H3,(H,37,42)/t19-/m0/s1. The van der Waals surface area contributed by atoms with Gasteiger partial charge in [0.15, 0.2) is 5.82 Å². The Labute approximate surface area is 262 Å². The highest BCUT2D eigenvalue weighted by Gasteiger charge is 2.31. The van der Waals surface area contributed by atoms with Gasteiger partial charge in [-0.15, -0.1) is 0 Å². The van der Waals surface area contributed by atoms with E-state index in [1.165, 1.54) is 45.5 Å². The van der Waals surface area contributed by atoms with E-state index in [9.17, 15) is 19.5 Å². The maximum Gasteiger partial charge on any atom is 0.330 e. The number of carbonyl (C=O) groups excluding carboxylic acids is 1. The van der Waals surface area contributed by atoms with Crippen molar-refractivity contribution in [3.05, 3.63) is 109 Å². The monoisotopic (exact) mass is 630 g/mol. The van der Waals surface area contributed by atoms with Crippen molar-refractivity contribution in [3.8, 4) is 28.3 Å². The van der Waals surface area contributed by atoms with Gasteiger partial charge < -0.3 is 24.5 Å². The molecule has 0 unspecified atom stereocenters. The molecule has 0 spiro atoms. The molecule has 2 aromatic carbocycles. The predicted octanol–water partition coefficient (Wildman–Crippen LogP) is 5.00. The van der Waals surface area contributed by atoms with Crippen molar-refractivity contribution in [2.45, 2.75) is 31.6 Å². The molecular weight excluding hydrogens is 598 g/mol. The summed E-state index contributed by atoms with van der Waals surface area (Å²) in [4.78, 5) is 42.1. The first kappa shape index (κ1) is 30.9. The Kier molecular flexibility index (Phi) is 8.30. The van der Waals surface area contributed by atoms with Gasteiger partial charge in [-0.2, -0.15) is 0 Å². The van der Waals surface area contributed by atoms with Crippen LogP contribution in [0.5, 0.6) is 5.88 Å². The Hall–Kier alpha value is -5.10. The molecule has 2 aromatic heterocycles. The minimum atomic E-state index is -0.919. The van der Waals surface area contributed by atoms with E-state index in [0.717, 1.165) is 44.9 Å². The number of benzene rings is 2. The molecular formula is C34H32F2N4O6. The van der Waals surface area contributed by atoms with Crippen molar-refractivity contribution in [2.75, 3.05) is 25.6 Å². The number of hydrogen-bond donors (Lipinski definition) is 2. The zero-order valence-electron chi connectivity index (χ0n) is 25.5. The number of aliphatic hydroxyl groups excluding tert-OH is 1. The smallest absolute Gasteiger partial charge is 0.330 e. The van der Waals surface area contributed by atoms with Crippen molar-refractivity contribution >= 4 is 11.6 Å². The quantitative estimate of drug-likeness (QED) is 0.294. The van der Waals surface area contributed by atoms with Crippen LogP contribution in [0.2, 0.25) is 0 Å². The lowest BCUT2D eigenvalue weighted by atomic mass is 9.91. The van der Waals surface area contributed by atoms with E-state index in [-0.39, 0.29) is 46.2 Å². The number of amides is 1. The average molecular weight is 631 g/mol. The topological polar surface area (TPSA) is 125 Å². The average Bonchev–Trinajstić information content (AvgIpc) is 3.46. The van der Waals surface area contributed by atoms with Crippen LogP contribution in [-0.2, 0) is 25.3 Å². The molecule has 0 fully saturated rings. The molecule has 4 aromatic rings. The van der Waals surface area contributed by atoms with Crippen LogP contribution in [0, 0.1) is 11.6 Å². The first-order valence-electron chi connectivity index (χ1n) is 14.8. The Morgan fingerprint density at radius 3 is 2.54 bits per heavy atom. The van der Waals surface area contributed by atoms with E-state index in [0.29, 0.717) is 31.0 Å². The van der Waals surface area contributed by atoms with Crippen molar-refractivity contribution in [3.63, 3.8) is 0 Å². The number of rotatable bonds is 7. The number of nitrogens with one attached hydrogen (secondary N) is 1. The van der Waals surface area contributed by atoms with E-state index in [1.807, 2.05) is 6.07 Å². The number of pyridine rings is 1. The summed E-state index contributed by atoms with van der Waals surface area (Å²) in [5.74, 6) is -1.79. The molecule has 0 saturated carbocycles. The second-order valence-corrected chi connectivity index (χ2v) is 11.5. The van der Waals surface area contributed by atoms with Crippen LogP contribution in [0.1, 0.15) is 46.7 Å². The summed E-state index contributed by atoms with van der Waals surface area (Å²) in [5, 5.41) is 12.7. The maximum absolute atomic E-state index is 16.2. The molecule has 0 radical (unpaired) electrons. The molecule has 2 aliphatic rings. The van der Waals surface area contributed by atoms with Gasteiger partial charge in [0.05, 0.1) is 25.1 Å². The van der Waals surface area contributed by atoms with Crippen molar-refractivity contribution in [1.29, 1.82) is 0 Å². The molecule has 1 amide bonds. The summed E-state index contributed by atoms with van der Waals surface area (Å²) in [6, 6.07) is 10.6. The van der Waals surface area contributed by atoms with Crippen LogP contribution in [0.15, 0.2) is 69.6 Å². The van der Waals surface area contributed by atoms with E-state index in [4.69, 9.17) is 9.47 Å². The highest BCUT2D eigenvalue weighted by molar-refractivity contribution is 6.04. The fourth-order valence-electron chi connectivity index (χ4n) is 6.25. The summed E-state index contributed by atoms with van der Waals surface area (Å²) in [6.45, 7) is 0.776. The Balaban J connectivity index is 1.33. The molecule has 3 heterocycles. The largest absolute Gasteiger partial charge is 0.510 e. The number of aliphatic hydroxyl groups is 1. The zero-order chi connectivity index (χ0) is 32.7. The fourth-order valence-corrected chi connectivity index (χ4v) is 6.25. The van der Waals surface area contributed by atoms with Gasteiger partial charge in [-0.05, 0) is 60.9 Å². The van der Waals surface area contributed by atoms with Gasteiger partial charge in [0.2, 0.25) is 5.88 Å². The molecule has 0 saturated heterocycles. The predicted molar refractivity (Wildman–Crippen MR) is 167 cm³/mol. The number of fused-ring (bicyclic) bond motifs is 1. The highest BCUT2D eigenvalue weighted by Crippen LogP contribution is 2.45. The third kappa shape index (κ3) is 5.49. The van der Waals surface area contributed by atoms with Gasteiger partial charge in [-0.1, -0.05) is 24.3 Å². The third-order valence-electron chi connectivity index (χ3n) is 8.66. The molecule has 1 atom stereocenters. The molecule has 2 N–H and O–H groups in total. The molecule has 1 aliphatic carbocycles. The Morgan fingerprint density at radius 1 is 1.09 bits per heavy atom. The van der Waals surface area contributed by atoms with Gasteiger partial charge in [0.1, 0.15) is 23.7 Å². The van der Waals surface area contributed by atoms with E-state index in [1.54, 1.807) is 12.1 Å². The Bertz CT molecular complexity index is 2030. The van der Waals surface area contributed by atoms with Crippen LogP contribution < -0.4 is 21.3 Å². The highest BCUT2D eigenvalue weighted by atomic mass is 19.1. The Morgan fingerprint density at radius 2 is 1.80 bits per heavy atom. The molecule has 46 heavy (non-hydrogen) atoms. The lowest BCUT2D eigenvalue weighted by Crippen LogP contribution is -2.40. The second kappa shape index (κ2) is 12.4. The van der Waals surface area contributed by atoms with Gasteiger partial charge >= 0.3 is 5.69 Å². The molecule has 6 rings (SSSR count). The summed E-state index contributed by atoms with van der Waals surface area (Å²) in [5.41, 5.74) is 1.13. The van der Waals surface area contributed by atoms with Crippen molar-refractivity contribution < 1.29 is 28.2 Å². The van der Waals surface area contributed by atoms with Gasteiger partial charge in [-0.25, -0.2) is 18.6 Å². The number of halogens is 2. The molecule has 238 valence electrons. The summed E-state index contributed by atoms with van der Waals surface area (Å²) < 4.78 is 44.9. The zero-order valence-corrected chi connectivity index (χ0v) is 25.5. The SMILES string of the molecule is COc1nc(-c2cccc(-c3cccc(NC(=O)c4cn(C)c(=O)n(C)c4=O)c3F)c2F)cc2c1[C@H](CC1=C(O)COCC1)CC2. The van der Waals surface area contributed by atoms with Crippen LogP contribution in [0.4, 0.5) is 14.5 Å². The van der Waals surface area contributed by atoms with Crippen LogP contribution in [0.3, 0.4) is 0 Å². The lowest BCUT2D eigenvalue weighted by Gasteiger charge is -2.21. The van der Waals surface area contributed by atoms with Crippen LogP contribution >= 0.6 is 0 Å². The van der Waals surface area contributed by atoms with Crippen LogP contribution in [-0.4, -0.2) is 45.5 Å². The molecule has 0 bridgehead atoms. The van der Waals surface area contributed by atoms with E-state index in [2.05, 4.69) is 10.3 Å². The van der Waals surface area contributed by atoms with Gasteiger partial charge in [0, 0.05) is 42.5 Å². The van der Waals surface area contributed by atoms with Gasteiger partial charge in [-0.3, -0.25) is 14.2 Å². The number of carbonyl (C=O) groups is 1. The minimum Gasteiger partial charge on any atom is -0.510 e. The first-order valence-corrected chi connectivity index (χ1v) is 14.8. The lowest BCUT2D eigenvalue weighted by molar-refractivity contribution is 0.102. The summed E-state index contributed by atoms with van der Waals surface area (Å²) >= 11 is 0. The minimum absolute atomic E-state index is 0.0507. The second-order valence-electron chi connectivity index (χ2n) is 11.5. The number of nitrogens with zero attached hydrogens (tertiary/aromatic N) is 3. The van der Waals surface area contributed by atoms with Crippen LogP contribution in [0.25, 0.3) is 22.4 Å². The normalized spacial score (nSPS) is 16.0. The molecule has 1 aliphatic heterocycles. The number of aromatic nitrogens is 3. The van der Waals surface area contributed by atoms with E-state index < -0.39 is 28.8 Å². The summed E-state index contributed by atoms with van der Waals surface area (Å²) in [6.07, 6.45) is 3.96. The van der Waals surface area contributed by atoms with Crippen molar-refractivity contribution in [2.24, 2.45) is 14.1 Å². The van der Waals surface area contributed by atoms with Crippen molar-refractivity contribution in [1.82, 2.24) is 14.1 Å². The number of methoxy groups -OCH3 is 1. The number of hydrogen-bond acceptors (Lipinski definition) is 7. The fraction of sp³-hybridized carbons (Fsp3) is 0.294. The van der Waals surface area contributed by atoms with Gasteiger partial charge in [0.25, 0.3) is 11.5 Å².